The number of aromatic nitrogens is 3. The van der Waals surface area contributed by atoms with Crippen molar-refractivity contribution in [1.82, 2.24) is 15.0 Å². The lowest BCUT2D eigenvalue weighted by Gasteiger charge is -2.28. The summed E-state index contributed by atoms with van der Waals surface area (Å²) in [5.74, 6) is -2.08. The molecule has 2 N–H and O–H groups in total. The summed E-state index contributed by atoms with van der Waals surface area (Å²) < 4.78 is 80.3. The second-order valence-electron chi connectivity index (χ2n) is 9.53. The van der Waals surface area contributed by atoms with Crippen LogP contribution in [0.25, 0.3) is 32.1 Å². The maximum absolute atomic E-state index is 16.5. The quantitative estimate of drug-likeness (QED) is 0.233. The van der Waals surface area contributed by atoms with Crippen LogP contribution in [-0.2, 0) is 12.6 Å². The minimum Gasteiger partial charge on any atom is -0.467 e. The molecular weight excluding hydrogens is 563 g/mol. The van der Waals surface area contributed by atoms with Crippen LogP contribution in [0.5, 0.6) is 6.01 Å². The van der Waals surface area contributed by atoms with Gasteiger partial charge in [0.25, 0.3) is 0 Å². The maximum atomic E-state index is 16.5. The number of nitriles is 1. The van der Waals surface area contributed by atoms with Gasteiger partial charge in [-0.15, -0.1) is 11.3 Å². The standard InChI is InChI=1S/C28H19F5N6OS/c1-39(19-6-3-12-7-8-36-11-16(12)19)26-14-9-17(28(31,32)33)21(22(30)23(14)37-27(38-26)40-2)13-4-5-18(29)24-20(13)15(10-34)25(35)41-24/h4-5,7-9,11,19H,3,6,35H2,1-2H3. The minimum atomic E-state index is -5.04. The number of aryl methyl sites for hydroxylation is 1. The van der Waals surface area contributed by atoms with Crippen LogP contribution in [0.1, 0.15) is 34.7 Å². The van der Waals surface area contributed by atoms with E-state index in [0.29, 0.717) is 17.8 Å². The number of thiophene rings is 1. The molecule has 1 unspecified atom stereocenters. The Morgan fingerprint density at radius 3 is 2.68 bits per heavy atom. The van der Waals surface area contributed by atoms with Crippen molar-refractivity contribution < 1.29 is 26.7 Å². The van der Waals surface area contributed by atoms with Gasteiger partial charge in [0, 0.05) is 35.8 Å². The summed E-state index contributed by atoms with van der Waals surface area (Å²) in [5, 5.41) is 9.18. The van der Waals surface area contributed by atoms with Crippen molar-refractivity contribution in [3.05, 3.63) is 70.5 Å². The summed E-state index contributed by atoms with van der Waals surface area (Å²) in [5.41, 5.74) is 4.62. The van der Waals surface area contributed by atoms with Crippen LogP contribution in [0.15, 0.2) is 36.7 Å². The Kier molecular flexibility index (Phi) is 6.18. The summed E-state index contributed by atoms with van der Waals surface area (Å²) in [4.78, 5) is 14.3. The third kappa shape index (κ3) is 4.09. The van der Waals surface area contributed by atoms with E-state index in [-0.39, 0.29) is 49.5 Å². The molecule has 208 valence electrons. The average Bonchev–Trinajstić information content (AvgIpc) is 3.53. The zero-order chi connectivity index (χ0) is 29.2. The van der Waals surface area contributed by atoms with Gasteiger partial charge in [-0.05, 0) is 47.7 Å². The van der Waals surface area contributed by atoms with Gasteiger partial charge in [0.2, 0.25) is 0 Å². The Hall–Kier alpha value is -4.57. The third-order valence-electron chi connectivity index (χ3n) is 7.37. The molecule has 1 aliphatic carbocycles. The van der Waals surface area contributed by atoms with E-state index in [0.717, 1.165) is 35.7 Å². The van der Waals surface area contributed by atoms with E-state index in [1.807, 2.05) is 12.1 Å². The number of benzene rings is 2. The molecule has 7 nitrogen and oxygen atoms in total. The van der Waals surface area contributed by atoms with Crippen LogP contribution < -0.4 is 15.4 Å². The highest BCUT2D eigenvalue weighted by Crippen LogP contribution is 2.48. The van der Waals surface area contributed by atoms with Gasteiger partial charge in [-0.25, -0.2) is 8.78 Å². The highest BCUT2D eigenvalue weighted by molar-refractivity contribution is 7.23. The lowest BCUT2D eigenvalue weighted by Crippen LogP contribution is -2.24. The number of alkyl halides is 3. The van der Waals surface area contributed by atoms with E-state index in [2.05, 4.69) is 15.0 Å². The fourth-order valence-electron chi connectivity index (χ4n) is 5.51. The largest absolute Gasteiger partial charge is 0.467 e. The predicted molar refractivity (Wildman–Crippen MR) is 145 cm³/mol. The number of fused-ring (bicyclic) bond motifs is 3. The number of hydrogen-bond acceptors (Lipinski definition) is 8. The Balaban J connectivity index is 1.68. The number of nitrogens with two attached hydrogens (primary N) is 1. The average molecular weight is 583 g/mol. The molecule has 2 aromatic carbocycles. The Bertz CT molecular complexity index is 1920. The Labute approximate surface area is 233 Å². The smallest absolute Gasteiger partial charge is 0.417 e. The number of nitrogens with zero attached hydrogens (tertiary/aromatic N) is 5. The number of anilines is 2. The molecule has 0 bridgehead atoms. The number of pyridine rings is 1. The fraction of sp³-hybridized carbons (Fsp3) is 0.214. The van der Waals surface area contributed by atoms with Gasteiger partial charge in [0.1, 0.15) is 28.2 Å². The van der Waals surface area contributed by atoms with Crippen LogP contribution >= 0.6 is 11.3 Å². The number of methoxy groups -OCH3 is 1. The first-order valence-corrected chi connectivity index (χ1v) is 13.1. The van der Waals surface area contributed by atoms with E-state index in [9.17, 15) is 22.8 Å². The zero-order valence-corrected chi connectivity index (χ0v) is 22.3. The molecular formula is C28H19F5N6OS. The first-order chi connectivity index (χ1) is 19.5. The highest BCUT2D eigenvalue weighted by atomic mass is 32.1. The van der Waals surface area contributed by atoms with Crippen LogP contribution in [0, 0.1) is 23.0 Å². The Morgan fingerprint density at radius 2 is 1.98 bits per heavy atom. The van der Waals surface area contributed by atoms with Gasteiger partial charge >= 0.3 is 12.2 Å². The minimum absolute atomic E-state index is 0.0336. The van der Waals surface area contributed by atoms with Crippen molar-refractivity contribution in [2.75, 3.05) is 24.8 Å². The van der Waals surface area contributed by atoms with Crippen molar-refractivity contribution in [3.63, 3.8) is 0 Å². The fourth-order valence-corrected chi connectivity index (χ4v) is 6.46. The summed E-state index contributed by atoms with van der Waals surface area (Å²) in [6.07, 6.45) is -0.308. The molecule has 13 heteroatoms. The summed E-state index contributed by atoms with van der Waals surface area (Å²) in [7, 11) is 2.92. The Morgan fingerprint density at radius 1 is 1.20 bits per heavy atom. The number of nitrogen functional groups attached to an aromatic ring is 1. The van der Waals surface area contributed by atoms with Crippen LogP contribution in [0.2, 0.25) is 0 Å². The molecule has 0 radical (unpaired) electrons. The first kappa shape index (κ1) is 26.6. The monoisotopic (exact) mass is 582 g/mol. The molecule has 3 aromatic heterocycles. The van der Waals surface area contributed by atoms with Crippen LogP contribution in [-0.4, -0.2) is 29.1 Å². The molecule has 6 rings (SSSR count). The van der Waals surface area contributed by atoms with E-state index < -0.39 is 34.5 Å². The van der Waals surface area contributed by atoms with Crippen molar-refractivity contribution in [2.24, 2.45) is 0 Å². The molecule has 1 atom stereocenters. The van der Waals surface area contributed by atoms with Gasteiger partial charge < -0.3 is 15.4 Å². The molecule has 0 spiro atoms. The number of hydrogen-bond donors (Lipinski definition) is 1. The van der Waals surface area contributed by atoms with Crippen LogP contribution in [0.4, 0.5) is 32.8 Å². The van der Waals surface area contributed by atoms with E-state index in [1.54, 1.807) is 24.3 Å². The number of halogens is 5. The predicted octanol–water partition coefficient (Wildman–Crippen LogP) is 6.79. The summed E-state index contributed by atoms with van der Waals surface area (Å²) in [6.45, 7) is 0. The molecule has 0 saturated heterocycles. The second kappa shape index (κ2) is 9.52. The van der Waals surface area contributed by atoms with Crippen molar-refractivity contribution in [1.29, 1.82) is 5.26 Å². The van der Waals surface area contributed by atoms with Gasteiger partial charge in [0.15, 0.2) is 5.82 Å². The zero-order valence-electron chi connectivity index (χ0n) is 21.5. The van der Waals surface area contributed by atoms with Gasteiger partial charge in [-0.1, -0.05) is 6.07 Å². The first-order valence-electron chi connectivity index (χ1n) is 12.3. The molecule has 0 aliphatic heterocycles. The maximum Gasteiger partial charge on any atom is 0.417 e. The summed E-state index contributed by atoms with van der Waals surface area (Å²) >= 11 is 0.702. The lowest BCUT2D eigenvalue weighted by molar-refractivity contribution is -0.137. The molecule has 1 aliphatic rings. The lowest BCUT2D eigenvalue weighted by atomic mass is 9.92. The number of rotatable bonds is 4. The van der Waals surface area contributed by atoms with Crippen molar-refractivity contribution in [3.8, 4) is 23.2 Å². The van der Waals surface area contributed by atoms with E-state index >= 15 is 4.39 Å². The second-order valence-corrected chi connectivity index (χ2v) is 10.6. The molecule has 41 heavy (non-hydrogen) atoms. The molecule has 3 heterocycles. The molecule has 0 fully saturated rings. The number of ether oxygens (including phenoxy) is 1. The van der Waals surface area contributed by atoms with E-state index in [1.165, 1.54) is 7.11 Å². The van der Waals surface area contributed by atoms with Gasteiger partial charge in [-0.2, -0.15) is 28.4 Å². The van der Waals surface area contributed by atoms with Gasteiger partial charge in [-0.3, -0.25) is 4.98 Å². The van der Waals surface area contributed by atoms with Crippen molar-refractivity contribution in [2.45, 2.75) is 25.1 Å². The van der Waals surface area contributed by atoms with Crippen molar-refractivity contribution >= 4 is 43.1 Å². The molecule has 0 saturated carbocycles. The topological polar surface area (TPSA) is 101 Å². The molecule has 5 aromatic rings. The van der Waals surface area contributed by atoms with Crippen LogP contribution in [0.3, 0.4) is 0 Å². The van der Waals surface area contributed by atoms with E-state index in [4.69, 9.17) is 10.5 Å². The third-order valence-corrected chi connectivity index (χ3v) is 8.40. The van der Waals surface area contributed by atoms with Gasteiger partial charge in [0.05, 0.1) is 29.0 Å². The summed E-state index contributed by atoms with van der Waals surface area (Å²) in [6, 6.07) is 5.87. The molecule has 0 amide bonds. The highest BCUT2D eigenvalue weighted by Gasteiger charge is 2.39. The SMILES string of the molecule is COc1nc(N(C)C2CCc3ccncc32)c2cc(C(F)(F)F)c(-c3ccc(F)c4sc(N)c(C#N)c34)c(F)c2n1. The normalized spacial score (nSPS) is 14.8.